The third-order valence-electron chi connectivity index (χ3n) is 7.22. The van der Waals surface area contributed by atoms with Crippen molar-refractivity contribution in [3.63, 3.8) is 0 Å². The summed E-state index contributed by atoms with van der Waals surface area (Å²) in [5.74, 6) is 0.876. The van der Waals surface area contributed by atoms with Crippen LogP contribution in [0.25, 0.3) is 22.0 Å². The van der Waals surface area contributed by atoms with E-state index in [0.717, 1.165) is 0 Å². The lowest BCUT2D eigenvalue weighted by Crippen LogP contribution is -2.43. The summed E-state index contributed by atoms with van der Waals surface area (Å²) in [5, 5.41) is 12.3. The van der Waals surface area contributed by atoms with E-state index in [1.807, 2.05) is 20.8 Å². The predicted molar refractivity (Wildman–Crippen MR) is 183 cm³/mol. The number of nitrogens with zero attached hydrogens (tertiary/aromatic N) is 5. The first kappa shape index (κ1) is 33.5. The number of nitro benzene ring substituents is 1. The van der Waals surface area contributed by atoms with Crippen molar-refractivity contribution in [1.29, 1.82) is 0 Å². The first-order chi connectivity index (χ1) is 21.9. The fraction of sp³-hybridized carbons (Fsp3) is 0.387. The zero-order chi connectivity index (χ0) is 33.0. The van der Waals surface area contributed by atoms with Gasteiger partial charge in [-0.25, -0.2) is 4.79 Å². The number of hydrogen-bond donors (Lipinski definition) is 0. The molecule has 1 amide bonds. The number of aryl methyl sites for hydroxylation is 1. The molecule has 244 valence electrons. The number of ether oxygens (including phenoxy) is 4. The summed E-state index contributed by atoms with van der Waals surface area (Å²) >= 11 is 2.09. The van der Waals surface area contributed by atoms with Crippen LogP contribution in [0.5, 0.6) is 17.5 Å². The number of hydrogen-bond acceptors (Lipinski definition) is 10. The molecule has 1 aliphatic rings. The number of pyridine rings is 2. The highest BCUT2D eigenvalue weighted by atomic mass is 127. The first-order valence-electron chi connectivity index (χ1n) is 14.6. The highest BCUT2D eigenvalue weighted by Gasteiger charge is 2.27. The van der Waals surface area contributed by atoms with Gasteiger partial charge in [0.2, 0.25) is 11.8 Å². The van der Waals surface area contributed by atoms with Crippen molar-refractivity contribution in [2.75, 3.05) is 26.3 Å². The van der Waals surface area contributed by atoms with Crippen LogP contribution in [0, 0.1) is 10.1 Å². The van der Waals surface area contributed by atoms with Gasteiger partial charge in [0.15, 0.2) is 0 Å². The molecule has 0 radical (unpaired) electrons. The molecule has 1 aliphatic heterocycles. The molecule has 4 heterocycles. The highest BCUT2D eigenvalue weighted by Crippen LogP contribution is 2.39. The van der Waals surface area contributed by atoms with Crippen LogP contribution in [-0.2, 0) is 16.5 Å². The van der Waals surface area contributed by atoms with E-state index in [1.165, 1.54) is 31.9 Å². The van der Waals surface area contributed by atoms with E-state index in [0.29, 0.717) is 66.2 Å². The summed E-state index contributed by atoms with van der Waals surface area (Å²) < 4.78 is 26.6. The van der Waals surface area contributed by atoms with Crippen LogP contribution in [0.15, 0.2) is 59.7 Å². The van der Waals surface area contributed by atoms with E-state index in [1.54, 1.807) is 52.6 Å². The Bertz CT molecular complexity index is 1800. The van der Waals surface area contributed by atoms with Crippen LogP contribution in [0.3, 0.4) is 0 Å². The number of rotatable bonds is 10. The maximum atomic E-state index is 13.0. The van der Waals surface area contributed by atoms with Gasteiger partial charge in [-0.05, 0) is 45.7 Å². The van der Waals surface area contributed by atoms with E-state index in [-0.39, 0.29) is 35.9 Å². The van der Waals surface area contributed by atoms with Gasteiger partial charge < -0.3 is 28.4 Å². The molecular weight excluding hydrogens is 729 g/mol. The number of halogens is 1. The number of likely N-dealkylation sites (tertiary alicyclic amines) is 1. The van der Waals surface area contributed by atoms with Gasteiger partial charge in [0.05, 0.1) is 17.6 Å². The summed E-state index contributed by atoms with van der Waals surface area (Å²) in [4.78, 5) is 42.6. The Morgan fingerprint density at radius 3 is 2.54 bits per heavy atom. The quantitative estimate of drug-likeness (QED) is 0.0738. The van der Waals surface area contributed by atoms with E-state index in [4.69, 9.17) is 18.9 Å². The number of aromatic nitrogens is 3. The topological polar surface area (TPSA) is 140 Å². The summed E-state index contributed by atoms with van der Waals surface area (Å²) in [7, 11) is 2.99. The first-order valence-corrected chi connectivity index (χ1v) is 17.9. The minimum Gasteiger partial charge on any atom is -0.475 e. The zero-order valence-corrected chi connectivity index (χ0v) is 28.8. The third kappa shape index (κ3) is 7.93. The number of amides is 1. The second-order valence-electron chi connectivity index (χ2n) is 11.7. The Balaban J connectivity index is 1.25. The Morgan fingerprint density at radius 1 is 1.11 bits per heavy atom. The molecule has 0 saturated carbocycles. The number of benzene rings is 1. The fourth-order valence-corrected chi connectivity index (χ4v) is 6.41. The molecule has 0 bridgehead atoms. The largest absolute Gasteiger partial charge is 0.475 e. The molecule has 0 unspecified atom stereocenters. The monoisotopic (exact) mass is 763 g/mol. The van der Waals surface area contributed by atoms with Crippen molar-refractivity contribution in [2.24, 2.45) is 7.05 Å². The van der Waals surface area contributed by atoms with Crippen LogP contribution < -0.4 is 15.0 Å². The number of carbonyl (C=O) groups is 1. The molecule has 0 N–H and O–H groups in total. The fourth-order valence-electron chi connectivity index (χ4n) is 5.07. The van der Waals surface area contributed by atoms with E-state index >= 15 is 0 Å². The summed E-state index contributed by atoms with van der Waals surface area (Å²) in [6.07, 6.45) is 4.56. The average molecular weight is 764 g/mol. The maximum absolute atomic E-state index is 13.0. The minimum atomic E-state index is -0.529. The lowest BCUT2D eigenvalue weighted by Gasteiger charge is -2.33. The molecule has 1 fully saturated rings. The molecule has 13 nitrogen and oxygen atoms in total. The molecule has 0 spiro atoms. The van der Waals surface area contributed by atoms with Gasteiger partial charge in [0.1, 0.15) is 23.5 Å². The molecule has 1 aromatic carbocycles. The van der Waals surface area contributed by atoms with Crippen LogP contribution in [-0.4, -0.2) is 67.4 Å². The van der Waals surface area contributed by atoms with Gasteiger partial charge >= 0.3 is 6.09 Å². The molecule has 0 atom stereocenters. The maximum Gasteiger partial charge on any atom is 0.410 e. The number of carbonyl (C=O) groups excluding carboxylic acids is 1. The van der Waals surface area contributed by atoms with Crippen LogP contribution in [0.1, 0.15) is 33.6 Å². The molecule has 1 saturated heterocycles. The van der Waals surface area contributed by atoms with Crippen molar-refractivity contribution < 1.29 is 28.7 Å². The second kappa shape index (κ2) is 14.3. The summed E-state index contributed by atoms with van der Waals surface area (Å²) in [6, 6.07) is 11.2. The molecule has 0 aliphatic carbocycles. The second-order valence-corrected chi connectivity index (χ2v) is 13.4. The molecule has 46 heavy (non-hydrogen) atoms. The van der Waals surface area contributed by atoms with Crippen molar-refractivity contribution in [3.05, 3.63) is 75.3 Å². The van der Waals surface area contributed by atoms with Crippen molar-refractivity contribution >= 4 is 53.0 Å². The average Bonchev–Trinajstić information content (AvgIpc) is 3.46. The van der Waals surface area contributed by atoms with Crippen molar-refractivity contribution in [3.8, 4) is 28.6 Å². The molecule has 15 heteroatoms. The van der Waals surface area contributed by atoms with Gasteiger partial charge in [0, 0.05) is 104 Å². The molecule has 4 aromatic rings. The number of nitro groups is 1. The van der Waals surface area contributed by atoms with Crippen LogP contribution >= 0.6 is 30.3 Å². The van der Waals surface area contributed by atoms with E-state index < -0.39 is 10.5 Å². The van der Waals surface area contributed by atoms with Gasteiger partial charge in [-0.2, -0.15) is 4.98 Å². The van der Waals surface area contributed by atoms with E-state index in [2.05, 4.69) is 26.2 Å². The number of non-ortho nitro benzene ring substituents is 1. The Labute approximate surface area is 281 Å². The standard InChI is InChI=1S/C31H34IN5O8S/c1-31(2,3)45-30(39)35-13-10-21(11-14-35)42-16-17-43-26-6-5-7-27(33-26)44-25-9-8-20(37(40)41)18-23(25)24-19-34(4)29(38)28-22(24)12-15-36(28)46-32/h5-9,12,15,18-19,21H,10-11,13-14,16-17H2,1-4H3. The van der Waals surface area contributed by atoms with Gasteiger partial charge in [-0.1, -0.05) is 6.07 Å². The van der Waals surface area contributed by atoms with Crippen molar-refractivity contribution in [1.82, 2.24) is 18.4 Å². The van der Waals surface area contributed by atoms with E-state index in [9.17, 15) is 19.7 Å². The van der Waals surface area contributed by atoms with Gasteiger partial charge in [-0.3, -0.25) is 18.9 Å². The predicted octanol–water partition coefficient (Wildman–Crippen LogP) is 6.74. The zero-order valence-electron chi connectivity index (χ0n) is 25.8. The minimum absolute atomic E-state index is 0.0156. The summed E-state index contributed by atoms with van der Waals surface area (Å²) in [6.45, 7) is 7.28. The van der Waals surface area contributed by atoms with Crippen molar-refractivity contribution in [2.45, 2.75) is 45.3 Å². The van der Waals surface area contributed by atoms with Crippen LogP contribution in [0.2, 0.25) is 0 Å². The Morgan fingerprint density at radius 2 is 1.85 bits per heavy atom. The number of fused-ring (bicyclic) bond motifs is 1. The molecule has 3 aromatic heterocycles. The lowest BCUT2D eigenvalue weighted by molar-refractivity contribution is -0.384. The third-order valence-corrected chi connectivity index (χ3v) is 8.95. The Hall–Kier alpha value is -3.83. The highest BCUT2D eigenvalue weighted by molar-refractivity contribution is 14.2. The SMILES string of the molecule is Cn1cc(-c2cc([N+](=O)[O-])ccc2Oc2cccc(OCCOC3CCN(C(=O)OC(C)(C)C)CC3)n2)c2ccn(SI)c2c1=O. The number of piperidine rings is 1. The molecule has 5 rings (SSSR count). The van der Waals surface area contributed by atoms with Crippen LogP contribution in [0.4, 0.5) is 10.5 Å². The molecular formula is C31H34IN5O8S. The van der Waals surface area contributed by atoms with Gasteiger partial charge in [0.25, 0.3) is 11.2 Å². The normalized spacial score (nSPS) is 14.0. The lowest BCUT2D eigenvalue weighted by atomic mass is 10.0. The van der Waals surface area contributed by atoms with Gasteiger partial charge in [-0.15, -0.1) is 0 Å². The summed E-state index contributed by atoms with van der Waals surface area (Å²) in [5.41, 5.74) is 0.654. The smallest absolute Gasteiger partial charge is 0.410 e. The Kier molecular flexibility index (Phi) is 10.4.